The molecule has 3 aromatic rings. The smallest absolute Gasteiger partial charge is 0.330 e. The van der Waals surface area contributed by atoms with E-state index in [1.54, 1.807) is 0 Å². The third-order valence-electron chi connectivity index (χ3n) is 8.27. The van der Waals surface area contributed by atoms with Crippen molar-refractivity contribution >= 4 is 17.8 Å². The van der Waals surface area contributed by atoms with E-state index in [2.05, 4.69) is 0 Å². The van der Waals surface area contributed by atoms with Crippen molar-refractivity contribution in [3.8, 4) is 17.2 Å². The Hall–Kier alpha value is -4.36. The van der Waals surface area contributed by atoms with Gasteiger partial charge in [-0.15, -0.1) is 0 Å². The van der Waals surface area contributed by atoms with E-state index in [9.17, 15) is 14.7 Å². The first kappa shape index (κ1) is 25.6. The maximum atomic E-state index is 13.4. The maximum absolute atomic E-state index is 13.4. The van der Waals surface area contributed by atoms with Crippen LogP contribution in [0.3, 0.4) is 0 Å². The minimum atomic E-state index is -1.11. The Kier molecular flexibility index (Phi) is 6.39. The number of rotatable bonds is 5. The van der Waals surface area contributed by atoms with E-state index < -0.39 is 11.9 Å². The molecule has 7 nitrogen and oxygen atoms in total. The second-order valence-corrected chi connectivity index (χ2v) is 11.1. The van der Waals surface area contributed by atoms with Crippen LogP contribution in [-0.2, 0) is 14.3 Å². The SMILES string of the molecule is O=C1C=CC[C@H](C[C@@H]2C[C@@H]3C[C@@](/C=C/c4ccccc4)(Oc4cc(O)c5c(c43)O[C@H](c3ccccc3)CC5=O)O2)O1. The Morgan fingerprint density at radius 3 is 2.54 bits per heavy atom. The number of carbonyl (C=O) groups is 2. The number of esters is 1. The third kappa shape index (κ3) is 4.91. The first-order valence-electron chi connectivity index (χ1n) is 14.1. The van der Waals surface area contributed by atoms with Gasteiger partial charge in [-0.1, -0.05) is 72.8 Å². The zero-order valence-electron chi connectivity index (χ0n) is 22.4. The molecule has 1 N–H and O–H groups in total. The second-order valence-electron chi connectivity index (χ2n) is 11.1. The molecule has 7 rings (SSSR count). The van der Waals surface area contributed by atoms with E-state index in [0.717, 1.165) is 16.7 Å². The standard InChI is InChI=1S/C34H30O7/c35-26-18-28(22-10-5-2-6-11-22)39-33-31-23-16-25(17-24-12-7-13-30(37)38-24)40-34(20-23,15-14-21-8-3-1-4-9-21)41-29(31)19-27(36)32(26)33/h1-11,13-15,19,23-25,28,36H,12,16-18,20H2/b15-14+/t23-,24-,25+,28+,34-/m1/s1. The highest BCUT2D eigenvalue weighted by Gasteiger charge is 2.50. The predicted octanol–water partition coefficient (Wildman–Crippen LogP) is 6.43. The molecule has 0 unspecified atom stereocenters. The number of aromatic hydroxyl groups is 1. The van der Waals surface area contributed by atoms with Gasteiger partial charge in [-0.25, -0.2) is 4.79 Å². The molecule has 4 aliphatic rings. The van der Waals surface area contributed by atoms with E-state index in [1.807, 2.05) is 78.9 Å². The van der Waals surface area contributed by atoms with Gasteiger partial charge in [0.15, 0.2) is 5.78 Å². The summed E-state index contributed by atoms with van der Waals surface area (Å²) in [5.74, 6) is -1.01. The van der Waals surface area contributed by atoms with Crippen molar-refractivity contribution < 1.29 is 33.6 Å². The monoisotopic (exact) mass is 550 g/mol. The number of carbonyl (C=O) groups excluding carboxylic acids is 2. The number of hydrogen-bond acceptors (Lipinski definition) is 7. The molecule has 4 aliphatic heterocycles. The van der Waals surface area contributed by atoms with Crippen molar-refractivity contribution in [3.05, 3.63) is 107 Å². The summed E-state index contributed by atoms with van der Waals surface area (Å²) < 4.78 is 25.3. The minimum Gasteiger partial charge on any atom is -0.507 e. The molecule has 0 saturated carbocycles. The van der Waals surface area contributed by atoms with Crippen molar-refractivity contribution in [1.29, 1.82) is 0 Å². The molecule has 1 fully saturated rings. The highest BCUT2D eigenvalue weighted by atomic mass is 16.7. The molecule has 4 heterocycles. The lowest BCUT2D eigenvalue weighted by molar-refractivity contribution is -0.224. The molecule has 208 valence electrons. The number of ether oxygens (including phenoxy) is 4. The summed E-state index contributed by atoms with van der Waals surface area (Å²) >= 11 is 0. The molecule has 5 atom stereocenters. The molecule has 2 bridgehead atoms. The van der Waals surface area contributed by atoms with Gasteiger partial charge in [0.25, 0.3) is 0 Å². The van der Waals surface area contributed by atoms with Gasteiger partial charge >= 0.3 is 5.97 Å². The first-order chi connectivity index (χ1) is 20.0. The molecule has 0 amide bonds. The maximum Gasteiger partial charge on any atom is 0.330 e. The fourth-order valence-electron chi connectivity index (χ4n) is 6.48. The van der Waals surface area contributed by atoms with Gasteiger partial charge in [-0.2, -0.15) is 0 Å². The van der Waals surface area contributed by atoms with Crippen LogP contribution in [0.5, 0.6) is 17.2 Å². The van der Waals surface area contributed by atoms with Crippen LogP contribution in [0.15, 0.2) is 85.0 Å². The van der Waals surface area contributed by atoms with Crippen molar-refractivity contribution in [2.45, 2.75) is 62.1 Å². The van der Waals surface area contributed by atoms with Crippen molar-refractivity contribution in [3.63, 3.8) is 0 Å². The van der Waals surface area contributed by atoms with E-state index in [1.165, 1.54) is 12.1 Å². The van der Waals surface area contributed by atoms with Crippen LogP contribution in [0.4, 0.5) is 0 Å². The Labute approximate surface area is 238 Å². The first-order valence-corrected chi connectivity index (χ1v) is 14.1. The second kappa shape index (κ2) is 10.2. The summed E-state index contributed by atoms with van der Waals surface area (Å²) in [5.41, 5.74) is 2.89. The van der Waals surface area contributed by atoms with E-state index in [0.29, 0.717) is 37.2 Å². The number of phenols is 1. The normalized spacial score (nSPS) is 28.3. The number of cyclic esters (lactones) is 1. The van der Waals surface area contributed by atoms with E-state index in [-0.39, 0.29) is 47.6 Å². The Morgan fingerprint density at radius 1 is 0.976 bits per heavy atom. The van der Waals surface area contributed by atoms with Crippen LogP contribution in [0, 0.1) is 0 Å². The summed E-state index contributed by atoms with van der Waals surface area (Å²) in [6, 6.07) is 21.1. The Bertz CT molecular complexity index is 1540. The summed E-state index contributed by atoms with van der Waals surface area (Å²) in [4.78, 5) is 25.3. The van der Waals surface area contributed by atoms with Crippen LogP contribution >= 0.6 is 0 Å². The lowest BCUT2D eigenvalue weighted by Gasteiger charge is -2.48. The Balaban J connectivity index is 1.28. The lowest BCUT2D eigenvalue weighted by atomic mass is 9.78. The number of ketones is 1. The predicted molar refractivity (Wildman–Crippen MR) is 151 cm³/mol. The van der Waals surface area contributed by atoms with Crippen LogP contribution in [-0.4, -0.2) is 34.9 Å². The average molecular weight is 551 g/mol. The van der Waals surface area contributed by atoms with Crippen molar-refractivity contribution in [1.82, 2.24) is 0 Å². The lowest BCUT2D eigenvalue weighted by Crippen LogP contribution is -2.50. The highest BCUT2D eigenvalue weighted by Crippen LogP contribution is 2.57. The van der Waals surface area contributed by atoms with Gasteiger partial charge < -0.3 is 24.1 Å². The summed E-state index contributed by atoms with van der Waals surface area (Å²) in [6.45, 7) is 0. The molecular formula is C34H30O7. The largest absolute Gasteiger partial charge is 0.507 e. The molecule has 3 aromatic carbocycles. The van der Waals surface area contributed by atoms with Gasteiger partial charge in [0, 0.05) is 42.9 Å². The fourth-order valence-corrected chi connectivity index (χ4v) is 6.48. The van der Waals surface area contributed by atoms with E-state index >= 15 is 0 Å². The van der Waals surface area contributed by atoms with Gasteiger partial charge in [0.2, 0.25) is 5.79 Å². The third-order valence-corrected chi connectivity index (χ3v) is 8.27. The number of Topliss-reactive ketones (excluding diaryl/α,β-unsaturated/α-hetero) is 1. The highest BCUT2D eigenvalue weighted by molar-refractivity contribution is 6.03. The number of phenolic OH excluding ortho intramolecular Hbond substituents is 1. The van der Waals surface area contributed by atoms with Crippen LogP contribution < -0.4 is 9.47 Å². The minimum absolute atomic E-state index is 0.0792. The summed E-state index contributed by atoms with van der Waals surface area (Å²) in [5, 5.41) is 11.0. The molecule has 41 heavy (non-hydrogen) atoms. The molecule has 0 aromatic heterocycles. The molecule has 0 aliphatic carbocycles. The summed E-state index contributed by atoms with van der Waals surface area (Å²) in [6.07, 6.45) is 8.56. The molecule has 0 spiro atoms. The van der Waals surface area contributed by atoms with Crippen LogP contribution in [0.2, 0.25) is 0 Å². The Morgan fingerprint density at radius 2 is 1.76 bits per heavy atom. The van der Waals surface area contributed by atoms with Gasteiger partial charge in [-0.05, 0) is 23.6 Å². The van der Waals surface area contributed by atoms with Crippen LogP contribution in [0.1, 0.15) is 71.2 Å². The molecule has 0 radical (unpaired) electrons. The van der Waals surface area contributed by atoms with Gasteiger partial charge in [0.1, 0.15) is 35.0 Å². The topological polar surface area (TPSA) is 91.3 Å². The quantitative estimate of drug-likeness (QED) is 0.366. The number of fused-ring (bicyclic) bond motifs is 6. The number of hydrogen-bond donors (Lipinski definition) is 1. The summed E-state index contributed by atoms with van der Waals surface area (Å²) in [7, 11) is 0. The molecule has 1 saturated heterocycles. The van der Waals surface area contributed by atoms with Crippen molar-refractivity contribution in [2.75, 3.05) is 0 Å². The van der Waals surface area contributed by atoms with Gasteiger partial charge in [-0.3, -0.25) is 4.79 Å². The molecule has 7 heteroatoms. The zero-order valence-corrected chi connectivity index (χ0v) is 22.4. The fraction of sp³-hybridized carbons (Fsp3) is 0.294. The average Bonchev–Trinajstić information content (AvgIpc) is 2.96. The van der Waals surface area contributed by atoms with Crippen molar-refractivity contribution in [2.24, 2.45) is 0 Å². The van der Waals surface area contributed by atoms with Gasteiger partial charge in [0.05, 0.1) is 12.5 Å². The molecular weight excluding hydrogens is 520 g/mol. The van der Waals surface area contributed by atoms with E-state index in [4.69, 9.17) is 18.9 Å². The zero-order chi connectivity index (χ0) is 28.0. The number of benzene rings is 3. The van der Waals surface area contributed by atoms with Crippen LogP contribution in [0.25, 0.3) is 6.08 Å².